The zero-order valence-corrected chi connectivity index (χ0v) is 17.6. The van der Waals surface area contributed by atoms with Gasteiger partial charge in [0.15, 0.2) is 6.10 Å². The molecule has 1 amide bonds. The third-order valence-electron chi connectivity index (χ3n) is 4.83. The lowest BCUT2D eigenvalue weighted by Gasteiger charge is -2.18. The molecule has 0 radical (unpaired) electrons. The average molecular weight is 429 g/mol. The van der Waals surface area contributed by atoms with Gasteiger partial charge in [-0.05, 0) is 42.8 Å². The highest BCUT2D eigenvalue weighted by Crippen LogP contribution is 2.25. The van der Waals surface area contributed by atoms with Crippen LogP contribution in [-0.4, -0.2) is 21.4 Å². The fourth-order valence-corrected chi connectivity index (χ4v) is 3.22. The molecule has 7 nitrogen and oxygen atoms in total. The Morgan fingerprint density at radius 3 is 2.59 bits per heavy atom. The van der Waals surface area contributed by atoms with Gasteiger partial charge in [0.05, 0.1) is 11.4 Å². The van der Waals surface area contributed by atoms with Gasteiger partial charge in [-0.1, -0.05) is 43.3 Å². The van der Waals surface area contributed by atoms with Crippen LogP contribution in [0.5, 0.6) is 11.5 Å². The summed E-state index contributed by atoms with van der Waals surface area (Å²) in [5.41, 5.74) is 1.38. The second kappa shape index (κ2) is 9.78. The quantitative estimate of drug-likeness (QED) is 0.457. The number of aromatic nitrogens is 2. The Hall–Kier alpha value is -4.13. The molecule has 2 aromatic carbocycles. The van der Waals surface area contributed by atoms with E-state index in [-0.39, 0.29) is 18.1 Å². The minimum absolute atomic E-state index is 0.0885. The van der Waals surface area contributed by atoms with Crippen LogP contribution in [0.3, 0.4) is 0 Å². The van der Waals surface area contributed by atoms with Crippen LogP contribution in [-0.2, 0) is 11.4 Å². The SMILES string of the molecule is CC[C@@H](Oc1ccccc1)C(=O)Nc1ccccc1OCc1cc(=O)n2ccccc2n1. The lowest BCUT2D eigenvalue weighted by molar-refractivity contribution is -0.122. The smallest absolute Gasteiger partial charge is 0.265 e. The normalized spacial score (nSPS) is 11.7. The molecule has 0 saturated carbocycles. The fourth-order valence-electron chi connectivity index (χ4n) is 3.22. The van der Waals surface area contributed by atoms with E-state index in [1.54, 1.807) is 30.5 Å². The molecule has 2 heterocycles. The molecule has 0 saturated heterocycles. The summed E-state index contributed by atoms with van der Waals surface area (Å²) in [6.45, 7) is 1.98. The summed E-state index contributed by atoms with van der Waals surface area (Å²) in [5, 5.41) is 2.88. The summed E-state index contributed by atoms with van der Waals surface area (Å²) < 4.78 is 13.2. The van der Waals surface area contributed by atoms with Gasteiger partial charge in [0.25, 0.3) is 11.5 Å². The minimum atomic E-state index is -0.646. The van der Waals surface area contributed by atoms with Crippen molar-refractivity contribution in [3.63, 3.8) is 0 Å². The number of carbonyl (C=O) groups is 1. The van der Waals surface area contributed by atoms with Crippen LogP contribution in [0.1, 0.15) is 19.0 Å². The van der Waals surface area contributed by atoms with Crippen LogP contribution in [0.25, 0.3) is 5.65 Å². The molecule has 0 bridgehead atoms. The monoisotopic (exact) mass is 429 g/mol. The lowest BCUT2D eigenvalue weighted by atomic mass is 10.2. The van der Waals surface area contributed by atoms with Crippen LogP contribution >= 0.6 is 0 Å². The average Bonchev–Trinajstić information content (AvgIpc) is 2.82. The number of carbonyl (C=O) groups excluding carboxylic acids is 1. The van der Waals surface area contributed by atoms with Gasteiger partial charge in [-0.15, -0.1) is 0 Å². The van der Waals surface area contributed by atoms with Crippen LogP contribution in [0, 0.1) is 0 Å². The van der Waals surface area contributed by atoms with Gasteiger partial charge in [-0.25, -0.2) is 4.98 Å². The summed E-state index contributed by atoms with van der Waals surface area (Å²) >= 11 is 0. The number of nitrogens with one attached hydrogen (secondary N) is 1. The van der Waals surface area contributed by atoms with E-state index in [0.29, 0.717) is 34.9 Å². The summed E-state index contributed by atoms with van der Waals surface area (Å²) in [6.07, 6.45) is 1.53. The standard InChI is InChI=1S/C25H23N3O4/c1-2-21(32-19-10-4-3-5-11-19)25(30)27-20-12-6-7-13-22(20)31-17-18-16-24(29)28-15-9-8-14-23(28)26-18/h3-16,21H,2,17H2,1H3,(H,27,30)/t21-/m1/s1. The maximum absolute atomic E-state index is 12.8. The van der Waals surface area contributed by atoms with Gasteiger partial charge in [-0.2, -0.15) is 0 Å². The van der Waals surface area contributed by atoms with E-state index in [1.165, 1.54) is 10.5 Å². The Morgan fingerprint density at radius 1 is 1.03 bits per heavy atom. The summed E-state index contributed by atoms with van der Waals surface area (Å²) in [7, 11) is 0. The number of amides is 1. The predicted octanol–water partition coefficient (Wildman–Crippen LogP) is 4.07. The van der Waals surface area contributed by atoms with Gasteiger partial charge < -0.3 is 14.8 Å². The molecular formula is C25H23N3O4. The fraction of sp³-hybridized carbons (Fsp3) is 0.160. The van der Waals surface area contributed by atoms with Crippen molar-refractivity contribution in [2.24, 2.45) is 0 Å². The molecule has 0 spiro atoms. The van der Waals surface area contributed by atoms with E-state index in [1.807, 2.05) is 55.5 Å². The zero-order chi connectivity index (χ0) is 22.3. The molecule has 0 aliphatic carbocycles. The van der Waals surface area contributed by atoms with Crippen LogP contribution < -0.4 is 20.3 Å². The van der Waals surface area contributed by atoms with Crippen LogP contribution in [0.4, 0.5) is 5.69 Å². The molecule has 4 rings (SSSR count). The van der Waals surface area contributed by atoms with Crippen molar-refractivity contribution in [1.82, 2.24) is 9.38 Å². The first-order chi connectivity index (χ1) is 15.6. The molecule has 1 N–H and O–H groups in total. The van der Waals surface area contributed by atoms with Crippen molar-refractivity contribution >= 4 is 17.2 Å². The number of benzene rings is 2. The van der Waals surface area contributed by atoms with Crippen molar-refractivity contribution in [2.75, 3.05) is 5.32 Å². The number of nitrogens with zero attached hydrogens (tertiary/aromatic N) is 2. The van der Waals surface area contributed by atoms with Crippen molar-refractivity contribution < 1.29 is 14.3 Å². The van der Waals surface area contributed by atoms with Crippen LogP contribution in [0.2, 0.25) is 0 Å². The summed E-state index contributed by atoms with van der Waals surface area (Å²) in [6, 6.07) is 23.1. The number of fused-ring (bicyclic) bond motifs is 1. The summed E-state index contributed by atoms with van der Waals surface area (Å²) in [4.78, 5) is 29.6. The first kappa shape index (κ1) is 21.1. The number of anilines is 1. The Balaban J connectivity index is 1.47. The molecule has 4 aromatic rings. The first-order valence-electron chi connectivity index (χ1n) is 10.4. The van der Waals surface area contributed by atoms with Gasteiger partial charge in [0.2, 0.25) is 0 Å². The molecular weight excluding hydrogens is 406 g/mol. The first-order valence-corrected chi connectivity index (χ1v) is 10.4. The Morgan fingerprint density at radius 2 is 1.78 bits per heavy atom. The highest BCUT2D eigenvalue weighted by Gasteiger charge is 2.20. The predicted molar refractivity (Wildman–Crippen MR) is 122 cm³/mol. The number of rotatable bonds is 8. The molecule has 0 unspecified atom stereocenters. The largest absolute Gasteiger partial charge is 0.485 e. The molecule has 0 fully saturated rings. The molecule has 1 atom stereocenters. The van der Waals surface area contributed by atoms with Gasteiger partial charge in [-0.3, -0.25) is 14.0 Å². The van der Waals surface area contributed by atoms with Crippen LogP contribution in [0.15, 0.2) is 89.9 Å². The Kier molecular flexibility index (Phi) is 6.46. The van der Waals surface area contributed by atoms with Gasteiger partial charge in [0.1, 0.15) is 23.8 Å². The third kappa shape index (κ3) is 4.95. The Labute approximate surface area is 185 Å². The molecule has 162 valence electrons. The zero-order valence-electron chi connectivity index (χ0n) is 17.6. The topological polar surface area (TPSA) is 81.9 Å². The number of pyridine rings is 1. The number of hydrogen-bond donors (Lipinski definition) is 1. The second-order valence-electron chi connectivity index (χ2n) is 7.12. The highest BCUT2D eigenvalue weighted by molar-refractivity contribution is 5.95. The van der Waals surface area contributed by atoms with E-state index in [4.69, 9.17) is 9.47 Å². The molecule has 7 heteroatoms. The van der Waals surface area contributed by atoms with Crippen molar-refractivity contribution in [2.45, 2.75) is 26.1 Å². The van der Waals surface area contributed by atoms with E-state index < -0.39 is 6.10 Å². The molecule has 0 aliphatic rings. The molecule has 32 heavy (non-hydrogen) atoms. The van der Waals surface area contributed by atoms with E-state index in [0.717, 1.165) is 0 Å². The number of para-hydroxylation sites is 3. The van der Waals surface area contributed by atoms with Crippen molar-refractivity contribution in [3.8, 4) is 11.5 Å². The van der Waals surface area contributed by atoms with E-state index in [9.17, 15) is 9.59 Å². The lowest BCUT2D eigenvalue weighted by Crippen LogP contribution is -2.32. The Bertz CT molecular complexity index is 1270. The highest BCUT2D eigenvalue weighted by atomic mass is 16.5. The van der Waals surface area contributed by atoms with Gasteiger partial charge in [0, 0.05) is 12.3 Å². The van der Waals surface area contributed by atoms with Gasteiger partial charge >= 0.3 is 0 Å². The maximum atomic E-state index is 12.8. The number of ether oxygens (including phenoxy) is 2. The van der Waals surface area contributed by atoms with E-state index in [2.05, 4.69) is 10.3 Å². The summed E-state index contributed by atoms with van der Waals surface area (Å²) in [5.74, 6) is 0.840. The van der Waals surface area contributed by atoms with Crippen molar-refractivity contribution in [3.05, 3.63) is 101 Å². The molecule has 2 aromatic heterocycles. The number of hydrogen-bond acceptors (Lipinski definition) is 5. The maximum Gasteiger partial charge on any atom is 0.265 e. The second-order valence-corrected chi connectivity index (χ2v) is 7.12. The molecule has 0 aliphatic heterocycles. The minimum Gasteiger partial charge on any atom is -0.485 e. The van der Waals surface area contributed by atoms with Crippen molar-refractivity contribution in [1.29, 1.82) is 0 Å². The van der Waals surface area contributed by atoms with E-state index >= 15 is 0 Å². The third-order valence-corrected chi connectivity index (χ3v) is 4.83.